The molecular weight excluding hydrogens is 438 g/mol. The monoisotopic (exact) mass is 455 g/mol. The molecular formula is C21H18BrN3O4. The Balaban J connectivity index is 1.66. The number of hydrogen-bond donors (Lipinski definition) is 1. The maximum absolute atomic E-state index is 12.6. The third-order valence-electron chi connectivity index (χ3n) is 3.99. The van der Waals surface area contributed by atoms with Gasteiger partial charge in [-0.3, -0.25) is 14.2 Å². The topological polar surface area (TPSA) is 90.3 Å². The second-order valence-corrected chi connectivity index (χ2v) is 7.01. The molecule has 0 bridgehead atoms. The van der Waals surface area contributed by atoms with Gasteiger partial charge in [0.1, 0.15) is 6.54 Å². The van der Waals surface area contributed by atoms with Crippen molar-refractivity contribution in [3.63, 3.8) is 0 Å². The molecule has 1 amide bonds. The van der Waals surface area contributed by atoms with E-state index >= 15 is 0 Å². The Kier molecular flexibility index (Phi) is 6.56. The van der Waals surface area contributed by atoms with E-state index in [-0.39, 0.29) is 18.0 Å². The van der Waals surface area contributed by atoms with Crippen LogP contribution in [0.25, 0.3) is 17.0 Å². The summed E-state index contributed by atoms with van der Waals surface area (Å²) < 4.78 is 6.85. The minimum Gasteiger partial charge on any atom is -0.463 e. The zero-order chi connectivity index (χ0) is 20.8. The van der Waals surface area contributed by atoms with Crippen LogP contribution in [-0.4, -0.2) is 28.0 Å². The van der Waals surface area contributed by atoms with Crippen LogP contribution in [0.15, 0.2) is 64.1 Å². The van der Waals surface area contributed by atoms with Gasteiger partial charge in [0.15, 0.2) is 0 Å². The van der Waals surface area contributed by atoms with E-state index < -0.39 is 5.97 Å². The van der Waals surface area contributed by atoms with Crippen LogP contribution in [0.2, 0.25) is 0 Å². The first-order chi connectivity index (χ1) is 14.0. The number of rotatable bonds is 6. The molecule has 0 aliphatic heterocycles. The van der Waals surface area contributed by atoms with Gasteiger partial charge >= 0.3 is 5.97 Å². The minimum atomic E-state index is -0.411. The maximum atomic E-state index is 12.6. The molecule has 1 aromatic heterocycles. The summed E-state index contributed by atoms with van der Waals surface area (Å²) in [4.78, 5) is 40.4. The number of aromatic nitrogens is 2. The molecule has 0 radical (unpaired) electrons. The number of nitrogens with zero attached hydrogens (tertiary/aromatic N) is 2. The van der Waals surface area contributed by atoms with Gasteiger partial charge in [0, 0.05) is 16.2 Å². The van der Waals surface area contributed by atoms with Crippen molar-refractivity contribution in [2.75, 3.05) is 11.9 Å². The van der Waals surface area contributed by atoms with Gasteiger partial charge in [-0.1, -0.05) is 28.1 Å². The molecule has 0 fully saturated rings. The number of fused-ring (bicyclic) bond motifs is 1. The molecule has 3 rings (SSSR count). The second kappa shape index (κ2) is 9.29. The summed E-state index contributed by atoms with van der Waals surface area (Å²) in [7, 11) is 0. The summed E-state index contributed by atoms with van der Waals surface area (Å²) in [5.74, 6) is -0.760. The van der Waals surface area contributed by atoms with Crippen molar-refractivity contribution < 1.29 is 14.3 Å². The van der Waals surface area contributed by atoms with Crippen LogP contribution in [0, 0.1) is 0 Å². The van der Waals surface area contributed by atoms with Crippen LogP contribution >= 0.6 is 15.9 Å². The zero-order valence-electron chi connectivity index (χ0n) is 15.6. The number of halogens is 1. The Hall–Kier alpha value is -3.26. The Labute approximate surface area is 175 Å². The third-order valence-corrected chi connectivity index (χ3v) is 4.49. The van der Waals surface area contributed by atoms with Gasteiger partial charge in [-0.15, -0.1) is 0 Å². The largest absolute Gasteiger partial charge is 0.463 e. The summed E-state index contributed by atoms with van der Waals surface area (Å²) in [5.41, 5.74) is 1.65. The molecule has 1 N–H and O–H groups in total. The standard InChI is InChI=1S/C21H18BrN3O4/c1-2-29-20(27)10-5-14-3-7-16(8-4-14)24-19(26)12-25-13-23-18-9-6-15(22)11-17(18)21(25)28/h3-11,13H,2,12H2,1H3,(H,24,26)/b10-5+. The maximum Gasteiger partial charge on any atom is 0.330 e. The molecule has 0 aliphatic rings. The second-order valence-electron chi connectivity index (χ2n) is 6.09. The van der Waals surface area contributed by atoms with Crippen LogP contribution in [0.3, 0.4) is 0 Å². The van der Waals surface area contributed by atoms with Gasteiger partial charge in [0.2, 0.25) is 5.91 Å². The number of esters is 1. The highest BCUT2D eigenvalue weighted by atomic mass is 79.9. The van der Waals surface area contributed by atoms with Crippen molar-refractivity contribution in [1.82, 2.24) is 9.55 Å². The predicted octanol–water partition coefficient (Wildman–Crippen LogP) is 3.37. The lowest BCUT2D eigenvalue weighted by Gasteiger charge is -2.08. The quantitative estimate of drug-likeness (QED) is 0.454. The molecule has 148 valence electrons. The normalized spacial score (nSPS) is 11.0. The van der Waals surface area contributed by atoms with Crippen LogP contribution < -0.4 is 10.9 Å². The van der Waals surface area contributed by atoms with Gasteiger partial charge in [0.25, 0.3) is 5.56 Å². The fraction of sp³-hybridized carbons (Fsp3) is 0.143. The fourth-order valence-electron chi connectivity index (χ4n) is 2.63. The number of amides is 1. The van der Waals surface area contributed by atoms with Crippen molar-refractivity contribution in [3.05, 3.63) is 75.3 Å². The van der Waals surface area contributed by atoms with Crippen molar-refractivity contribution in [2.45, 2.75) is 13.5 Å². The van der Waals surface area contributed by atoms with Crippen LogP contribution in [0.4, 0.5) is 5.69 Å². The highest BCUT2D eigenvalue weighted by Crippen LogP contribution is 2.15. The van der Waals surface area contributed by atoms with Gasteiger partial charge in [-0.25, -0.2) is 9.78 Å². The van der Waals surface area contributed by atoms with Gasteiger partial charge in [-0.2, -0.15) is 0 Å². The van der Waals surface area contributed by atoms with E-state index in [0.29, 0.717) is 23.2 Å². The summed E-state index contributed by atoms with van der Waals surface area (Å²) >= 11 is 3.33. The molecule has 7 nitrogen and oxygen atoms in total. The van der Waals surface area contributed by atoms with E-state index in [2.05, 4.69) is 26.2 Å². The number of hydrogen-bond acceptors (Lipinski definition) is 5. The molecule has 2 aromatic carbocycles. The number of nitrogens with one attached hydrogen (secondary N) is 1. The Morgan fingerprint density at radius 1 is 1.21 bits per heavy atom. The van der Waals surface area contributed by atoms with Crippen LogP contribution in [0.5, 0.6) is 0 Å². The lowest BCUT2D eigenvalue weighted by atomic mass is 10.2. The van der Waals surface area contributed by atoms with Crippen molar-refractivity contribution >= 4 is 50.5 Å². The lowest BCUT2D eigenvalue weighted by Crippen LogP contribution is -2.27. The average Bonchev–Trinajstić information content (AvgIpc) is 2.70. The first-order valence-corrected chi connectivity index (χ1v) is 9.65. The van der Waals surface area contributed by atoms with Crippen LogP contribution in [-0.2, 0) is 20.9 Å². The van der Waals surface area contributed by atoms with Crippen LogP contribution in [0.1, 0.15) is 12.5 Å². The Bertz CT molecular complexity index is 1140. The summed E-state index contributed by atoms with van der Waals surface area (Å²) in [6, 6.07) is 12.2. The molecule has 0 saturated heterocycles. The Morgan fingerprint density at radius 3 is 2.69 bits per heavy atom. The number of carbonyl (C=O) groups excluding carboxylic acids is 2. The molecule has 0 unspecified atom stereocenters. The molecule has 29 heavy (non-hydrogen) atoms. The fourth-order valence-corrected chi connectivity index (χ4v) is 2.99. The Morgan fingerprint density at radius 2 is 1.97 bits per heavy atom. The number of anilines is 1. The molecule has 0 saturated carbocycles. The number of carbonyl (C=O) groups is 2. The third kappa shape index (κ3) is 5.39. The summed E-state index contributed by atoms with van der Waals surface area (Å²) in [6.45, 7) is 1.91. The first-order valence-electron chi connectivity index (χ1n) is 8.85. The van der Waals surface area contributed by atoms with E-state index in [4.69, 9.17) is 4.74 Å². The highest BCUT2D eigenvalue weighted by Gasteiger charge is 2.09. The molecule has 0 aliphatic carbocycles. The predicted molar refractivity (Wildman–Crippen MR) is 114 cm³/mol. The van der Waals surface area contributed by atoms with Gasteiger partial charge in [0.05, 0.1) is 23.8 Å². The lowest BCUT2D eigenvalue weighted by molar-refractivity contribution is -0.137. The van der Waals surface area contributed by atoms with E-state index in [9.17, 15) is 14.4 Å². The number of benzene rings is 2. The molecule has 8 heteroatoms. The summed E-state index contributed by atoms with van der Waals surface area (Å²) in [6.07, 6.45) is 4.33. The van der Waals surface area contributed by atoms with E-state index in [1.54, 1.807) is 55.5 Å². The van der Waals surface area contributed by atoms with Gasteiger partial charge < -0.3 is 10.1 Å². The number of ether oxygens (including phenoxy) is 1. The van der Waals surface area contributed by atoms with Gasteiger partial charge in [-0.05, 0) is 48.9 Å². The smallest absolute Gasteiger partial charge is 0.330 e. The SMILES string of the molecule is CCOC(=O)/C=C/c1ccc(NC(=O)Cn2cnc3ccc(Br)cc3c2=O)cc1. The van der Waals surface area contributed by atoms with E-state index in [1.165, 1.54) is 17.0 Å². The zero-order valence-corrected chi connectivity index (χ0v) is 17.2. The van der Waals surface area contributed by atoms with E-state index in [0.717, 1.165) is 10.0 Å². The van der Waals surface area contributed by atoms with Crippen molar-refractivity contribution in [3.8, 4) is 0 Å². The summed E-state index contributed by atoms with van der Waals surface area (Å²) in [5, 5.41) is 3.18. The highest BCUT2D eigenvalue weighted by molar-refractivity contribution is 9.10. The molecule has 0 spiro atoms. The van der Waals surface area contributed by atoms with Crippen molar-refractivity contribution in [1.29, 1.82) is 0 Å². The van der Waals surface area contributed by atoms with Crippen molar-refractivity contribution in [2.24, 2.45) is 0 Å². The average molecular weight is 456 g/mol. The molecule has 0 atom stereocenters. The van der Waals surface area contributed by atoms with E-state index in [1.807, 2.05) is 0 Å². The molecule has 1 heterocycles. The minimum absolute atomic E-state index is 0.154. The first kappa shape index (κ1) is 20.5. The molecule has 3 aromatic rings.